The van der Waals surface area contributed by atoms with Crippen molar-refractivity contribution in [3.8, 4) is 23.3 Å². The molecule has 22 heavy (non-hydrogen) atoms. The predicted octanol–water partition coefficient (Wildman–Crippen LogP) is 2.22. The highest BCUT2D eigenvalue weighted by Crippen LogP contribution is 2.19. The van der Waals surface area contributed by atoms with E-state index in [1.807, 2.05) is 30.3 Å². The van der Waals surface area contributed by atoms with E-state index >= 15 is 0 Å². The monoisotopic (exact) mass is 314 g/mol. The van der Waals surface area contributed by atoms with Crippen LogP contribution in [0.5, 0.6) is 0 Å². The van der Waals surface area contributed by atoms with Gasteiger partial charge < -0.3 is 14.6 Å². The summed E-state index contributed by atoms with van der Waals surface area (Å²) >= 11 is 0. The summed E-state index contributed by atoms with van der Waals surface area (Å²) in [5, 5.41) is 9.98. The van der Waals surface area contributed by atoms with E-state index in [0.29, 0.717) is 6.61 Å². The second-order valence-corrected chi connectivity index (χ2v) is 11.1. The van der Waals surface area contributed by atoms with Crippen molar-refractivity contribution in [3.63, 3.8) is 0 Å². The molecule has 0 radical (unpaired) electrons. The molecule has 0 bridgehead atoms. The van der Waals surface area contributed by atoms with Crippen molar-refractivity contribution in [2.24, 2.45) is 0 Å². The van der Waals surface area contributed by atoms with Gasteiger partial charge >= 0.3 is 0 Å². The molecule has 4 heteroatoms. The smallest absolute Gasteiger partial charge is 0.148 e. The minimum Gasteiger partial charge on any atom is -0.388 e. The van der Waals surface area contributed by atoms with Crippen molar-refractivity contribution in [1.29, 1.82) is 0 Å². The van der Waals surface area contributed by atoms with Crippen molar-refractivity contribution in [2.75, 3.05) is 6.61 Å². The maximum Gasteiger partial charge on any atom is 0.148 e. The molecule has 3 atom stereocenters. The summed E-state index contributed by atoms with van der Waals surface area (Å²) in [7, 11) is -1.41. The van der Waals surface area contributed by atoms with Gasteiger partial charge in [0.05, 0.1) is 13.2 Å². The van der Waals surface area contributed by atoms with Gasteiger partial charge in [0.1, 0.15) is 26.4 Å². The van der Waals surface area contributed by atoms with Gasteiger partial charge in [-0.05, 0) is 17.4 Å². The van der Waals surface area contributed by atoms with Crippen molar-refractivity contribution in [1.82, 2.24) is 0 Å². The number of rotatable bonds is 3. The minimum absolute atomic E-state index is 0.250. The van der Waals surface area contributed by atoms with Crippen LogP contribution in [0.4, 0.5) is 0 Å². The first-order valence-corrected chi connectivity index (χ1v) is 10.9. The van der Waals surface area contributed by atoms with Crippen molar-refractivity contribution >= 4 is 8.07 Å². The van der Waals surface area contributed by atoms with E-state index in [4.69, 9.17) is 9.47 Å². The van der Waals surface area contributed by atoms with E-state index in [2.05, 4.69) is 42.9 Å². The van der Waals surface area contributed by atoms with Gasteiger partial charge in [0.25, 0.3) is 0 Å². The van der Waals surface area contributed by atoms with Crippen LogP contribution in [0.15, 0.2) is 30.3 Å². The van der Waals surface area contributed by atoms with Crippen LogP contribution in [-0.4, -0.2) is 38.1 Å². The first-order chi connectivity index (χ1) is 10.5. The average Bonchev–Trinajstić information content (AvgIpc) is 2.82. The molecule has 1 aromatic carbocycles. The SMILES string of the molecule is C[Si](C)(C)C#CC#C[C@@H]1OC[C@@H](O)[C@@H]1OCc1ccccc1. The molecule has 1 fully saturated rings. The van der Waals surface area contributed by atoms with Gasteiger partial charge in [-0.25, -0.2) is 0 Å². The molecule has 1 aromatic rings. The van der Waals surface area contributed by atoms with Crippen LogP contribution in [-0.2, 0) is 16.1 Å². The van der Waals surface area contributed by atoms with E-state index in [1.54, 1.807) is 0 Å². The molecule has 0 aromatic heterocycles. The lowest BCUT2D eigenvalue weighted by molar-refractivity contribution is -0.0317. The number of benzene rings is 1. The zero-order valence-corrected chi connectivity index (χ0v) is 14.3. The molecule has 1 saturated heterocycles. The number of hydrogen-bond acceptors (Lipinski definition) is 3. The minimum atomic E-state index is -1.41. The van der Waals surface area contributed by atoms with Crippen LogP contribution < -0.4 is 0 Å². The molecule has 1 aliphatic rings. The Morgan fingerprint density at radius 2 is 1.95 bits per heavy atom. The maximum atomic E-state index is 9.98. The lowest BCUT2D eigenvalue weighted by atomic mass is 10.1. The molecule has 2 rings (SSSR count). The zero-order valence-electron chi connectivity index (χ0n) is 13.3. The summed E-state index contributed by atoms with van der Waals surface area (Å²) in [6, 6.07) is 9.86. The fourth-order valence-electron chi connectivity index (χ4n) is 2.01. The number of aliphatic hydroxyl groups excluding tert-OH is 1. The summed E-state index contributed by atoms with van der Waals surface area (Å²) in [5.41, 5.74) is 4.25. The quantitative estimate of drug-likeness (QED) is 0.687. The summed E-state index contributed by atoms with van der Waals surface area (Å²) in [5.74, 6) is 8.70. The summed E-state index contributed by atoms with van der Waals surface area (Å²) in [6.45, 7) is 7.20. The Morgan fingerprint density at radius 1 is 1.23 bits per heavy atom. The van der Waals surface area contributed by atoms with Gasteiger partial charge in [-0.2, -0.15) is 0 Å². The van der Waals surface area contributed by atoms with Crippen LogP contribution in [0.25, 0.3) is 0 Å². The number of aliphatic hydroxyl groups is 1. The van der Waals surface area contributed by atoms with Crippen LogP contribution in [0.2, 0.25) is 19.6 Å². The highest BCUT2D eigenvalue weighted by Gasteiger charge is 2.36. The van der Waals surface area contributed by atoms with Crippen LogP contribution in [0.3, 0.4) is 0 Å². The molecule has 1 heterocycles. The lowest BCUT2D eigenvalue weighted by Gasteiger charge is -2.17. The average molecular weight is 314 g/mol. The van der Waals surface area contributed by atoms with Crippen LogP contribution in [0, 0.1) is 23.3 Å². The Kier molecular flexibility index (Phi) is 5.82. The molecule has 0 unspecified atom stereocenters. The van der Waals surface area contributed by atoms with E-state index in [-0.39, 0.29) is 6.61 Å². The molecule has 0 spiro atoms. The molecule has 0 amide bonds. The van der Waals surface area contributed by atoms with Gasteiger partial charge in [-0.15, -0.1) is 5.54 Å². The topological polar surface area (TPSA) is 38.7 Å². The van der Waals surface area contributed by atoms with Gasteiger partial charge in [0.2, 0.25) is 0 Å². The first kappa shape index (κ1) is 16.8. The van der Waals surface area contributed by atoms with E-state index in [1.165, 1.54) is 0 Å². The molecule has 1 N–H and O–H groups in total. The lowest BCUT2D eigenvalue weighted by Crippen LogP contribution is -2.32. The Hall–Kier alpha value is -1.56. The zero-order chi connectivity index (χ0) is 16.0. The molecule has 3 nitrogen and oxygen atoms in total. The fraction of sp³-hybridized carbons (Fsp3) is 0.444. The number of hydrogen-bond donors (Lipinski definition) is 1. The van der Waals surface area contributed by atoms with Crippen molar-refractivity contribution in [2.45, 2.75) is 44.6 Å². The van der Waals surface area contributed by atoms with Crippen molar-refractivity contribution in [3.05, 3.63) is 35.9 Å². The predicted molar refractivity (Wildman–Crippen MR) is 89.7 cm³/mol. The number of ether oxygens (including phenoxy) is 2. The maximum absolute atomic E-state index is 9.98. The summed E-state index contributed by atoms with van der Waals surface area (Å²) in [4.78, 5) is 0. The normalized spacial score (nSPS) is 24.1. The molecule has 0 aliphatic carbocycles. The molecule has 1 aliphatic heterocycles. The third-order valence-corrected chi connectivity index (χ3v) is 4.00. The Balaban J connectivity index is 1.96. The third-order valence-electron chi connectivity index (χ3n) is 3.12. The van der Waals surface area contributed by atoms with Gasteiger partial charge in [-0.1, -0.05) is 55.9 Å². The first-order valence-electron chi connectivity index (χ1n) is 7.43. The van der Waals surface area contributed by atoms with E-state index in [9.17, 15) is 5.11 Å². The van der Waals surface area contributed by atoms with Gasteiger partial charge in [-0.3, -0.25) is 0 Å². The van der Waals surface area contributed by atoms with Crippen molar-refractivity contribution < 1.29 is 14.6 Å². The van der Waals surface area contributed by atoms with Crippen LogP contribution >= 0.6 is 0 Å². The molecular weight excluding hydrogens is 292 g/mol. The third kappa shape index (κ3) is 5.33. The summed E-state index contributed by atoms with van der Waals surface area (Å²) in [6.07, 6.45) is -1.50. The fourth-order valence-corrected chi connectivity index (χ4v) is 2.45. The van der Waals surface area contributed by atoms with E-state index in [0.717, 1.165) is 5.56 Å². The van der Waals surface area contributed by atoms with Gasteiger partial charge in [0.15, 0.2) is 0 Å². The highest BCUT2D eigenvalue weighted by molar-refractivity contribution is 6.83. The highest BCUT2D eigenvalue weighted by atomic mass is 28.3. The molecular formula is C18H22O3Si. The van der Waals surface area contributed by atoms with Gasteiger partial charge in [0, 0.05) is 0 Å². The largest absolute Gasteiger partial charge is 0.388 e. The Labute approximate surface area is 133 Å². The molecule has 0 saturated carbocycles. The second kappa shape index (κ2) is 7.62. The van der Waals surface area contributed by atoms with Crippen LogP contribution in [0.1, 0.15) is 5.56 Å². The van der Waals surface area contributed by atoms with E-state index < -0.39 is 26.4 Å². The second-order valence-electron chi connectivity index (χ2n) is 6.35. The molecule has 116 valence electrons. The standard InChI is InChI=1S/C18H22O3Si/c1-22(2,3)12-8-7-11-17-18(16(19)14-20-17)21-13-15-9-5-4-6-10-15/h4-6,9-10,16-19H,13-14H2,1-3H3/t16-,17+,18+/m1/s1. The summed E-state index contributed by atoms with van der Waals surface area (Å²) < 4.78 is 11.3. The Morgan fingerprint density at radius 3 is 2.64 bits per heavy atom. The Bertz CT molecular complexity index is 598.